The van der Waals surface area contributed by atoms with Gasteiger partial charge in [-0.25, -0.2) is 9.18 Å². The molecule has 0 saturated carbocycles. The van der Waals surface area contributed by atoms with E-state index in [1.54, 1.807) is 42.5 Å². The van der Waals surface area contributed by atoms with E-state index in [1.165, 1.54) is 14.2 Å². The van der Waals surface area contributed by atoms with E-state index in [9.17, 15) is 9.18 Å². The summed E-state index contributed by atoms with van der Waals surface area (Å²) in [7, 11) is 2.72. The molecule has 2 aromatic carbocycles. The van der Waals surface area contributed by atoms with Crippen molar-refractivity contribution in [1.29, 1.82) is 0 Å². The zero-order valence-corrected chi connectivity index (χ0v) is 10.6. The van der Waals surface area contributed by atoms with Gasteiger partial charge >= 0.3 is 5.97 Å². The van der Waals surface area contributed by atoms with Gasteiger partial charge in [-0.15, -0.1) is 0 Å². The van der Waals surface area contributed by atoms with Gasteiger partial charge in [0, 0.05) is 5.56 Å². The second-order valence-electron chi connectivity index (χ2n) is 3.89. The maximum atomic E-state index is 14.1. The molecule has 2 rings (SSSR count). The third kappa shape index (κ3) is 2.57. The van der Waals surface area contributed by atoms with Crippen molar-refractivity contribution >= 4 is 5.97 Å². The molecule has 0 bridgehead atoms. The van der Waals surface area contributed by atoms with E-state index in [0.29, 0.717) is 16.7 Å². The van der Waals surface area contributed by atoms with Crippen LogP contribution in [0.4, 0.5) is 4.39 Å². The van der Waals surface area contributed by atoms with Gasteiger partial charge in [-0.05, 0) is 23.8 Å². The fourth-order valence-electron chi connectivity index (χ4n) is 1.82. The van der Waals surface area contributed by atoms with Gasteiger partial charge in [0.15, 0.2) is 11.6 Å². The molecule has 0 aliphatic carbocycles. The molecule has 0 aliphatic heterocycles. The minimum atomic E-state index is -0.454. The van der Waals surface area contributed by atoms with E-state index in [4.69, 9.17) is 4.74 Å². The summed E-state index contributed by atoms with van der Waals surface area (Å²) < 4.78 is 23.7. The van der Waals surface area contributed by atoms with Crippen LogP contribution in [-0.4, -0.2) is 20.2 Å². The predicted octanol–water partition coefficient (Wildman–Crippen LogP) is 3.29. The number of methoxy groups -OCH3 is 2. The van der Waals surface area contributed by atoms with Gasteiger partial charge < -0.3 is 9.47 Å². The molecule has 0 unspecified atom stereocenters. The van der Waals surface area contributed by atoms with E-state index in [0.717, 1.165) is 0 Å². The fraction of sp³-hybridized carbons (Fsp3) is 0.133. The number of hydrogen-bond donors (Lipinski definition) is 0. The number of halogens is 1. The molecule has 98 valence electrons. The Kier molecular flexibility index (Phi) is 3.80. The highest BCUT2D eigenvalue weighted by molar-refractivity contribution is 5.91. The molecule has 0 saturated heterocycles. The highest BCUT2D eigenvalue weighted by atomic mass is 19.1. The van der Waals surface area contributed by atoms with E-state index >= 15 is 0 Å². The Bertz CT molecular complexity index is 608. The molecule has 0 amide bonds. The van der Waals surface area contributed by atoms with Gasteiger partial charge in [-0.2, -0.15) is 0 Å². The first kappa shape index (κ1) is 13.1. The van der Waals surface area contributed by atoms with Crippen LogP contribution in [0.5, 0.6) is 5.75 Å². The number of rotatable bonds is 3. The summed E-state index contributed by atoms with van der Waals surface area (Å²) >= 11 is 0. The van der Waals surface area contributed by atoms with Gasteiger partial charge in [-0.1, -0.05) is 24.3 Å². The van der Waals surface area contributed by atoms with Crippen LogP contribution in [0.3, 0.4) is 0 Å². The molecule has 0 N–H and O–H groups in total. The molecule has 0 heterocycles. The number of hydrogen-bond acceptors (Lipinski definition) is 3. The largest absolute Gasteiger partial charge is 0.494 e. The summed E-state index contributed by atoms with van der Waals surface area (Å²) in [5.74, 6) is -0.738. The summed E-state index contributed by atoms with van der Waals surface area (Å²) in [5.41, 5.74) is 1.35. The summed E-state index contributed by atoms with van der Waals surface area (Å²) in [6, 6.07) is 11.5. The van der Waals surface area contributed by atoms with Crippen LogP contribution in [0, 0.1) is 5.82 Å². The molecule has 0 radical (unpaired) electrons. The predicted molar refractivity (Wildman–Crippen MR) is 69.7 cm³/mol. The number of benzene rings is 2. The SMILES string of the molecule is COC(=O)c1cccc(-c2cccc(OC)c2F)c1. The molecule has 0 atom stereocenters. The highest BCUT2D eigenvalue weighted by Crippen LogP contribution is 2.29. The lowest BCUT2D eigenvalue weighted by Crippen LogP contribution is -2.01. The quantitative estimate of drug-likeness (QED) is 0.794. The lowest BCUT2D eigenvalue weighted by Gasteiger charge is -2.08. The molecule has 4 heteroatoms. The van der Waals surface area contributed by atoms with Crippen molar-refractivity contribution in [2.45, 2.75) is 0 Å². The Balaban J connectivity index is 2.50. The Hall–Kier alpha value is -2.36. The first-order valence-corrected chi connectivity index (χ1v) is 5.68. The van der Waals surface area contributed by atoms with Crippen molar-refractivity contribution in [2.75, 3.05) is 14.2 Å². The minimum absolute atomic E-state index is 0.168. The third-order valence-corrected chi connectivity index (χ3v) is 2.78. The Morgan fingerprint density at radius 2 is 1.84 bits per heavy atom. The van der Waals surface area contributed by atoms with Gasteiger partial charge in [0.2, 0.25) is 0 Å². The second kappa shape index (κ2) is 5.52. The fourth-order valence-corrected chi connectivity index (χ4v) is 1.82. The average Bonchev–Trinajstić information content (AvgIpc) is 2.46. The van der Waals surface area contributed by atoms with Crippen LogP contribution in [0.2, 0.25) is 0 Å². The van der Waals surface area contributed by atoms with E-state index in [-0.39, 0.29) is 5.75 Å². The summed E-state index contributed by atoms with van der Waals surface area (Å²) in [4.78, 5) is 11.5. The van der Waals surface area contributed by atoms with Crippen molar-refractivity contribution in [1.82, 2.24) is 0 Å². The van der Waals surface area contributed by atoms with Crippen molar-refractivity contribution in [3.8, 4) is 16.9 Å². The lowest BCUT2D eigenvalue weighted by atomic mass is 10.0. The maximum Gasteiger partial charge on any atom is 0.337 e. The first-order valence-electron chi connectivity index (χ1n) is 5.68. The molecule has 0 spiro atoms. The number of carbonyl (C=O) groups is 1. The van der Waals surface area contributed by atoms with Crippen LogP contribution in [0.1, 0.15) is 10.4 Å². The molecular weight excluding hydrogens is 247 g/mol. The monoisotopic (exact) mass is 260 g/mol. The van der Waals surface area contributed by atoms with E-state index in [1.807, 2.05) is 0 Å². The summed E-state index contributed by atoms with van der Waals surface area (Å²) in [6.07, 6.45) is 0. The van der Waals surface area contributed by atoms with E-state index < -0.39 is 11.8 Å². The maximum absolute atomic E-state index is 14.1. The van der Waals surface area contributed by atoms with Crippen LogP contribution in [0.15, 0.2) is 42.5 Å². The second-order valence-corrected chi connectivity index (χ2v) is 3.89. The molecule has 19 heavy (non-hydrogen) atoms. The smallest absolute Gasteiger partial charge is 0.337 e. The number of ether oxygens (including phenoxy) is 2. The lowest BCUT2D eigenvalue weighted by molar-refractivity contribution is 0.0601. The summed E-state index contributed by atoms with van der Waals surface area (Å²) in [6.45, 7) is 0. The van der Waals surface area contributed by atoms with Gasteiger partial charge in [0.1, 0.15) is 0 Å². The normalized spacial score (nSPS) is 10.1. The Labute approximate surface area is 110 Å². The van der Waals surface area contributed by atoms with Gasteiger partial charge in [-0.3, -0.25) is 0 Å². The molecular formula is C15H13FO3. The zero-order chi connectivity index (χ0) is 13.8. The standard InChI is InChI=1S/C15H13FO3/c1-18-13-8-4-7-12(14(13)16)10-5-3-6-11(9-10)15(17)19-2/h3-9H,1-2H3. The van der Waals surface area contributed by atoms with Crippen molar-refractivity contribution in [3.63, 3.8) is 0 Å². The third-order valence-electron chi connectivity index (χ3n) is 2.78. The first-order chi connectivity index (χ1) is 9.17. The number of carbonyl (C=O) groups excluding carboxylic acids is 1. The van der Waals surface area contributed by atoms with E-state index in [2.05, 4.69) is 4.74 Å². The van der Waals surface area contributed by atoms with Crippen LogP contribution in [0.25, 0.3) is 11.1 Å². The van der Waals surface area contributed by atoms with Gasteiger partial charge in [0.05, 0.1) is 19.8 Å². The van der Waals surface area contributed by atoms with Crippen LogP contribution < -0.4 is 4.74 Å². The minimum Gasteiger partial charge on any atom is -0.494 e. The van der Waals surface area contributed by atoms with Crippen molar-refractivity contribution in [2.24, 2.45) is 0 Å². The topological polar surface area (TPSA) is 35.5 Å². The van der Waals surface area contributed by atoms with Crippen molar-refractivity contribution in [3.05, 3.63) is 53.8 Å². The number of esters is 1. The molecule has 0 aliphatic rings. The van der Waals surface area contributed by atoms with Crippen LogP contribution >= 0.6 is 0 Å². The molecule has 3 nitrogen and oxygen atoms in total. The van der Waals surface area contributed by atoms with Crippen LogP contribution in [-0.2, 0) is 4.74 Å². The average molecular weight is 260 g/mol. The molecule has 2 aromatic rings. The Morgan fingerprint density at radius 3 is 2.53 bits per heavy atom. The molecule has 0 aromatic heterocycles. The molecule has 0 fully saturated rings. The van der Waals surface area contributed by atoms with Crippen molar-refractivity contribution < 1.29 is 18.7 Å². The Morgan fingerprint density at radius 1 is 1.11 bits per heavy atom. The summed E-state index contributed by atoms with van der Waals surface area (Å²) in [5, 5.41) is 0. The zero-order valence-electron chi connectivity index (χ0n) is 10.6. The highest BCUT2D eigenvalue weighted by Gasteiger charge is 2.12. The van der Waals surface area contributed by atoms with Gasteiger partial charge in [0.25, 0.3) is 0 Å².